The van der Waals surface area contributed by atoms with Crippen LogP contribution in [0.3, 0.4) is 0 Å². The van der Waals surface area contributed by atoms with Gasteiger partial charge < -0.3 is 0 Å². The highest BCUT2D eigenvalue weighted by atomic mass is 14.8. The molecular formula is C34H52N2. The van der Waals surface area contributed by atoms with E-state index in [9.17, 15) is 0 Å². The van der Waals surface area contributed by atoms with Gasteiger partial charge in [0.1, 0.15) is 0 Å². The number of unbranched alkanes of at least 4 members (excludes halogenated alkanes) is 5. The number of hydrogen-bond acceptors (Lipinski definition) is 2. The van der Waals surface area contributed by atoms with E-state index < -0.39 is 0 Å². The second-order valence-electron chi connectivity index (χ2n) is 10.3. The predicted octanol–water partition coefficient (Wildman–Crippen LogP) is 10.7. The molecule has 0 aliphatic rings. The first-order valence-corrected chi connectivity index (χ1v) is 15.0. The van der Waals surface area contributed by atoms with E-state index in [0.29, 0.717) is 0 Å². The van der Waals surface area contributed by atoms with Crippen LogP contribution in [0.4, 0.5) is 11.4 Å². The average Bonchev–Trinajstić information content (AvgIpc) is 2.88. The van der Waals surface area contributed by atoms with Gasteiger partial charge in [0.15, 0.2) is 0 Å². The third-order valence-electron chi connectivity index (χ3n) is 6.94. The number of nitrogens with zero attached hydrogens (tertiary/aromatic N) is 2. The highest BCUT2D eigenvalue weighted by Gasteiger charge is 2.06. The fourth-order valence-electron chi connectivity index (χ4n) is 4.82. The molecule has 0 fully saturated rings. The minimum Gasteiger partial charge on any atom is -0.255 e. The van der Waals surface area contributed by atoms with E-state index in [0.717, 1.165) is 49.2 Å². The van der Waals surface area contributed by atoms with Crippen LogP contribution in [0.5, 0.6) is 0 Å². The number of hydrogen-bond donors (Lipinski definition) is 0. The van der Waals surface area contributed by atoms with Crippen LogP contribution in [0.1, 0.15) is 128 Å². The van der Waals surface area contributed by atoms with Crippen molar-refractivity contribution in [3.63, 3.8) is 0 Å². The molecule has 0 aliphatic heterocycles. The molecule has 0 aromatic heterocycles. The molecule has 0 saturated heterocycles. The van der Waals surface area contributed by atoms with Crippen molar-refractivity contribution in [1.82, 2.24) is 0 Å². The van der Waals surface area contributed by atoms with Gasteiger partial charge in [-0.3, -0.25) is 9.98 Å². The molecule has 2 nitrogen and oxygen atoms in total. The number of benzene rings is 2. The summed E-state index contributed by atoms with van der Waals surface area (Å²) in [7, 11) is 0. The molecule has 0 spiro atoms. The van der Waals surface area contributed by atoms with Crippen LogP contribution in [0.15, 0.2) is 46.4 Å². The first kappa shape index (κ1) is 30.0. The topological polar surface area (TPSA) is 24.7 Å². The summed E-state index contributed by atoms with van der Waals surface area (Å²) in [6, 6.07) is 13.7. The van der Waals surface area contributed by atoms with Crippen molar-refractivity contribution in [3.8, 4) is 0 Å². The van der Waals surface area contributed by atoms with Crippen LogP contribution in [0, 0.1) is 0 Å². The van der Waals surface area contributed by atoms with Crippen LogP contribution < -0.4 is 0 Å². The second-order valence-corrected chi connectivity index (χ2v) is 10.3. The summed E-state index contributed by atoms with van der Waals surface area (Å²) >= 11 is 0. The van der Waals surface area contributed by atoms with Gasteiger partial charge in [-0.2, -0.15) is 0 Å². The highest BCUT2D eigenvalue weighted by molar-refractivity contribution is 6.31. The van der Waals surface area contributed by atoms with E-state index in [2.05, 4.69) is 71.0 Å². The van der Waals surface area contributed by atoms with Gasteiger partial charge in [0, 0.05) is 6.21 Å². The quantitative estimate of drug-likeness (QED) is 0.147. The highest BCUT2D eigenvalue weighted by Crippen LogP contribution is 2.24. The molecule has 0 aliphatic carbocycles. The van der Waals surface area contributed by atoms with E-state index in [1.54, 1.807) is 0 Å². The molecule has 36 heavy (non-hydrogen) atoms. The summed E-state index contributed by atoms with van der Waals surface area (Å²) in [5, 5.41) is 0. The SMILES string of the molecule is CCCCCc1ccc(N=CC(CCCC)=Nc2ccc(CCC)c(CCC)c2)cc1CCCCC. The van der Waals surface area contributed by atoms with Gasteiger partial charge in [-0.1, -0.05) is 91.7 Å². The standard InChI is InChI=1S/C34H52N2/c1-6-11-14-18-29-21-23-32(25-31(29)19-15-12-7-2)35-27-34(20-13-8-3)36-33-24-22-28(16-9-4)30(26-33)17-10-5/h21-27H,6-20H2,1-5H3. The van der Waals surface area contributed by atoms with Gasteiger partial charge in [0.2, 0.25) is 0 Å². The Kier molecular flexibility index (Phi) is 15.1. The molecule has 0 heterocycles. The Labute approximate surface area is 222 Å². The predicted molar refractivity (Wildman–Crippen MR) is 162 cm³/mol. The Morgan fingerprint density at radius 3 is 1.72 bits per heavy atom. The number of aryl methyl sites for hydroxylation is 4. The molecule has 0 saturated carbocycles. The van der Waals surface area contributed by atoms with E-state index in [-0.39, 0.29) is 0 Å². The molecule has 0 radical (unpaired) electrons. The molecule has 2 aromatic carbocycles. The summed E-state index contributed by atoms with van der Waals surface area (Å²) in [4.78, 5) is 10.0. The van der Waals surface area contributed by atoms with Crippen LogP contribution in [-0.2, 0) is 25.7 Å². The summed E-state index contributed by atoms with van der Waals surface area (Å²) < 4.78 is 0. The zero-order valence-electron chi connectivity index (χ0n) is 24.0. The monoisotopic (exact) mass is 488 g/mol. The maximum atomic E-state index is 5.07. The Morgan fingerprint density at radius 2 is 1.08 bits per heavy atom. The third-order valence-corrected chi connectivity index (χ3v) is 6.94. The van der Waals surface area contributed by atoms with Crippen LogP contribution in [-0.4, -0.2) is 11.9 Å². The normalized spacial score (nSPS) is 12.1. The molecule has 2 heteroatoms. The second kappa shape index (κ2) is 18.1. The van der Waals surface area contributed by atoms with Crippen molar-refractivity contribution < 1.29 is 0 Å². The summed E-state index contributed by atoms with van der Waals surface area (Å²) in [5.74, 6) is 0. The Morgan fingerprint density at radius 1 is 0.556 bits per heavy atom. The lowest BCUT2D eigenvalue weighted by Gasteiger charge is -2.11. The van der Waals surface area contributed by atoms with Crippen molar-refractivity contribution in [2.75, 3.05) is 0 Å². The van der Waals surface area contributed by atoms with Gasteiger partial charge in [0.05, 0.1) is 17.1 Å². The Bertz CT molecular complexity index is 938. The molecule has 0 amide bonds. The molecule has 198 valence electrons. The lowest BCUT2D eigenvalue weighted by atomic mass is 9.96. The fraction of sp³-hybridized carbons (Fsp3) is 0.588. The Balaban J connectivity index is 2.29. The summed E-state index contributed by atoms with van der Waals surface area (Å²) in [6.07, 6.45) is 20.0. The van der Waals surface area contributed by atoms with Gasteiger partial charge in [-0.15, -0.1) is 0 Å². The van der Waals surface area contributed by atoms with Gasteiger partial charge in [0.25, 0.3) is 0 Å². The largest absolute Gasteiger partial charge is 0.255 e. The molecule has 0 unspecified atom stereocenters. The van der Waals surface area contributed by atoms with Gasteiger partial charge in [-0.25, -0.2) is 0 Å². The third kappa shape index (κ3) is 10.8. The van der Waals surface area contributed by atoms with Crippen LogP contribution in [0.25, 0.3) is 0 Å². The van der Waals surface area contributed by atoms with E-state index >= 15 is 0 Å². The lowest BCUT2D eigenvalue weighted by molar-refractivity contribution is 0.693. The van der Waals surface area contributed by atoms with Crippen molar-refractivity contribution in [2.45, 2.75) is 131 Å². The van der Waals surface area contributed by atoms with E-state index in [1.807, 2.05) is 6.21 Å². The molecule has 2 aromatic rings. The van der Waals surface area contributed by atoms with Crippen molar-refractivity contribution in [3.05, 3.63) is 58.7 Å². The lowest BCUT2D eigenvalue weighted by Crippen LogP contribution is -2.00. The van der Waals surface area contributed by atoms with Gasteiger partial charge >= 0.3 is 0 Å². The smallest absolute Gasteiger partial charge is 0.0636 e. The van der Waals surface area contributed by atoms with Crippen LogP contribution >= 0.6 is 0 Å². The maximum absolute atomic E-state index is 5.07. The minimum atomic E-state index is 0.971. The van der Waals surface area contributed by atoms with Crippen molar-refractivity contribution in [1.29, 1.82) is 0 Å². The van der Waals surface area contributed by atoms with E-state index in [4.69, 9.17) is 9.98 Å². The number of aliphatic imine (C=N–C) groups is 2. The summed E-state index contributed by atoms with van der Waals surface area (Å²) in [5.41, 5.74) is 9.19. The summed E-state index contributed by atoms with van der Waals surface area (Å²) in [6.45, 7) is 11.3. The number of rotatable bonds is 18. The average molecular weight is 489 g/mol. The van der Waals surface area contributed by atoms with Crippen molar-refractivity contribution >= 4 is 23.3 Å². The Hall–Kier alpha value is -2.22. The van der Waals surface area contributed by atoms with Crippen LogP contribution in [0.2, 0.25) is 0 Å². The maximum Gasteiger partial charge on any atom is 0.0636 e. The minimum absolute atomic E-state index is 0.971. The molecule has 2 rings (SSSR count). The van der Waals surface area contributed by atoms with Gasteiger partial charge in [-0.05, 0) is 97.9 Å². The van der Waals surface area contributed by atoms with Crippen molar-refractivity contribution in [2.24, 2.45) is 9.98 Å². The first-order chi connectivity index (χ1) is 17.6. The molecule has 0 bridgehead atoms. The molecular weight excluding hydrogens is 436 g/mol. The zero-order chi connectivity index (χ0) is 26.0. The molecule has 0 atom stereocenters. The molecule has 0 N–H and O–H groups in total. The van der Waals surface area contributed by atoms with E-state index in [1.165, 1.54) is 86.5 Å². The first-order valence-electron chi connectivity index (χ1n) is 15.0. The fourth-order valence-corrected chi connectivity index (χ4v) is 4.82. The zero-order valence-corrected chi connectivity index (χ0v) is 24.0.